The number of benzene rings is 2. The van der Waals surface area contributed by atoms with Gasteiger partial charge in [0, 0.05) is 21.9 Å². The molecule has 4 rings (SSSR count). The minimum Gasteiger partial charge on any atom is -0.508 e. The molecule has 2 heterocycles. The molecule has 0 atom stereocenters. The predicted octanol–water partition coefficient (Wildman–Crippen LogP) is 4.60. The number of hydrogen-bond donors (Lipinski definition) is 2. The molecule has 4 aromatic rings. The van der Waals surface area contributed by atoms with Gasteiger partial charge in [-0.2, -0.15) is 0 Å². The van der Waals surface area contributed by atoms with Crippen LogP contribution in [0.25, 0.3) is 20.7 Å². The molecule has 0 unspecified atom stereocenters. The van der Waals surface area contributed by atoms with E-state index in [0.717, 1.165) is 16.0 Å². The van der Waals surface area contributed by atoms with E-state index >= 15 is 0 Å². The Morgan fingerprint density at radius 3 is 2.64 bits per heavy atom. The SMILES string of the molecule is O=c1[nH]c(Cc2ccc(O)cc2)nc2cc(-c3ccccc3Cl)sc12. The summed E-state index contributed by atoms with van der Waals surface area (Å²) < 4.78 is 0.587. The second kappa shape index (κ2) is 6.35. The van der Waals surface area contributed by atoms with Gasteiger partial charge < -0.3 is 10.1 Å². The molecule has 0 aliphatic rings. The number of aromatic nitrogens is 2. The number of nitrogens with zero attached hydrogens (tertiary/aromatic N) is 1. The first-order valence-electron chi connectivity index (χ1n) is 7.66. The van der Waals surface area contributed by atoms with Gasteiger partial charge in [0.2, 0.25) is 0 Å². The monoisotopic (exact) mass is 368 g/mol. The van der Waals surface area contributed by atoms with Crippen LogP contribution in [0.5, 0.6) is 5.75 Å². The molecule has 0 saturated heterocycles. The quantitative estimate of drug-likeness (QED) is 0.555. The molecule has 2 aromatic heterocycles. The second-order valence-corrected chi connectivity index (χ2v) is 7.12. The van der Waals surface area contributed by atoms with E-state index in [9.17, 15) is 9.90 Å². The number of thiophene rings is 1. The van der Waals surface area contributed by atoms with Crippen molar-refractivity contribution in [2.24, 2.45) is 0 Å². The summed E-state index contributed by atoms with van der Waals surface area (Å²) in [6, 6.07) is 16.3. The Morgan fingerprint density at radius 1 is 1.12 bits per heavy atom. The van der Waals surface area contributed by atoms with Gasteiger partial charge in [-0.3, -0.25) is 4.79 Å². The van der Waals surface area contributed by atoms with Crippen LogP contribution in [0.1, 0.15) is 11.4 Å². The molecule has 0 aliphatic carbocycles. The van der Waals surface area contributed by atoms with Crippen molar-refractivity contribution >= 4 is 33.2 Å². The smallest absolute Gasteiger partial charge is 0.268 e. The molecule has 0 saturated carbocycles. The molecule has 0 aliphatic heterocycles. The maximum Gasteiger partial charge on any atom is 0.268 e. The summed E-state index contributed by atoms with van der Waals surface area (Å²) in [7, 11) is 0. The number of nitrogens with one attached hydrogen (secondary N) is 1. The summed E-state index contributed by atoms with van der Waals surface area (Å²) in [5, 5.41) is 10.0. The van der Waals surface area contributed by atoms with Gasteiger partial charge in [-0.05, 0) is 29.8 Å². The number of aromatic hydroxyl groups is 1. The van der Waals surface area contributed by atoms with Crippen LogP contribution in [0.15, 0.2) is 59.4 Å². The second-order valence-electron chi connectivity index (χ2n) is 5.66. The van der Waals surface area contributed by atoms with Crippen molar-refractivity contribution in [3.05, 3.63) is 81.4 Å². The number of phenolic OH excluding ortho intramolecular Hbond substituents is 1. The molecule has 0 spiro atoms. The summed E-state index contributed by atoms with van der Waals surface area (Å²) in [4.78, 5) is 20.8. The van der Waals surface area contributed by atoms with Crippen molar-refractivity contribution in [2.45, 2.75) is 6.42 Å². The molecular weight excluding hydrogens is 356 g/mol. The fourth-order valence-electron chi connectivity index (χ4n) is 2.67. The normalized spacial score (nSPS) is 11.1. The van der Waals surface area contributed by atoms with Crippen molar-refractivity contribution < 1.29 is 5.11 Å². The molecule has 0 fully saturated rings. The number of H-pyrrole nitrogens is 1. The van der Waals surface area contributed by atoms with Crippen LogP contribution in [0.3, 0.4) is 0 Å². The molecule has 0 radical (unpaired) electrons. The zero-order valence-electron chi connectivity index (χ0n) is 13.0. The molecule has 2 N–H and O–H groups in total. The maximum absolute atomic E-state index is 12.4. The van der Waals surface area contributed by atoms with Crippen molar-refractivity contribution in [3.63, 3.8) is 0 Å². The first-order valence-corrected chi connectivity index (χ1v) is 8.85. The highest BCUT2D eigenvalue weighted by molar-refractivity contribution is 7.22. The van der Waals surface area contributed by atoms with Crippen molar-refractivity contribution in [1.82, 2.24) is 9.97 Å². The fraction of sp³-hybridized carbons (Fsp3) is 0.0526. The number of rotatable bonds is 3. The highest BCUT2D eigenvalue weighted by atomic mass is 35.5. The van der Waals surface area contributed by atoms with Gasteiger partial charge in [-0.25, -0.2) is 4.98 Å². The fourth-order valence-corrected chi connectivity index (χ4v) is 4.00. The predicted molar refractivity (Wildman–Crippen MR) is 102 cm³/mol. The van der Waals surface area contributed by atoms with Crippen LogP contribution in [0.2, 0.25) is 5.02 Å². The van der Waals surface area contributed by atoms with Gasteiger partial charge in [-0.1, -0.05) is 41.9 Å². The molecule has 6 heteroatoms. The van der Waals surface area contributed by atoms with Crippen molar-refractivity contribution in [2.75, 3.05) is 0 Å². The van der Waals surface area contributed by atoms with E-state index in [2.05, 4.69) is 9.97 Å². The van der Waals surface area contributed by atoms with Gasteiger partial charge in [0.1, 0.15) is 16.3 Å². The van der Waals surface area contributed by atoms with Crippen molar-refractivity contribution in [1.29, 1.82) is 0 Å². The lowest BCUT2D eigenvalue weighted by Gasteiger charge is -2.01. The Bertz CT molecular complexity index is 1120. The molecule has 2 aromatic carbocycles. The Kier molecular flexibility index (Phi) is 4.03. The summed E-state index contributed by atoms with van der Waals surface area (Å²) in [5.41, 5.74) is 2.37. The minimum atomic E-state index is -0.151. The zero-order chi connectivity index (χ0) is 17.4. The number of phenols is 1. The van der Waals surface area contributed by atoms with Crippen LogP contribution in [-0.2, 0) is 6.42 Å². The van der Waals surface area contributed by atoms with E-state index in [1.807, 2.05) is 42.5 Å². The van der Waals surface area contributed by atoms with E-state index in [0.29, 0.717) is 27.5 Å². The van der Waals surface area contributed by atoms with E-state index in [-0.39, 0.29) is 11.3 Å². The molecule has 0 amide bonds. The Labute approximate surface area is 152 Å². The summed E-state index contributed by atoms with van der Waals surface area (Å²) in [6.07, 6.45) is 0.489. The molecular formula is C19H13ClN2O2S. The first-order chi connectivity index (χ1) is 12.1. The maximum atomic E-state index is 12.4. The summed E-state index contributed by atoms with van der Waals surface area (Å²) >= 11 is 7.64. The number of aromatic amines is 1. The molecule has 0 bridgehead atoms. The third-order valence-corrected chi connectivity index (χ3v) is 5.37. The van der Waals surface area contributed by atoms with Gasteiger partial charge in [0.05, 0.1) is 5.52 Å². The van der Waals surface area contributed by atoms with Crippen LogP contribution in [-0.4, -0.2) is 15.1 Å². The van der Waals surface area contributed by atoms with E-state index in [1.54, 1.807) is 12.1 Å². The number of halogens is 1. The minimum absolute atomic E-state index is 0.151. The lowest BCUT2D eigenvalue weighted by atomic mass is 10.1. The van der Waals surface area contributed by atoms with Crippen LogP contribution >= 0.6 is 22.9 Å². The van der Waals surface area contributed by atoms with E-state index in [4.69, 9.17) is 11.6 Å². The van der Waals surface area contributed by atoms with Gasteiger partial charge in [0.25, 0.3) is 5.56 Å². The Morgan fingerprint density at radius 2 is 1.88 bits per heavy atom. The average Bonchev–Trinajstić information content (AvgIpc) is 3.02. The van der Waals surface area contributed by atoms with Crippen LogP contribution < -0.4 is 5.56 Å². The first kappa shape index (κ1) is 15.9. The lowest BCUT2D eigenvalue weighted by molar-refractivity contribution is 0.475. The highest BCUT2D eigenvalue weighted by Crippen LogP contribution is 2.35. The van der Waals surface area contributed by atoms with Crippen LogP contribution in [0, 0.1) is 0 Å². The van der Waals surface area contributed by atoms with Crippen molar-refractivity contribution in [3.8, 4) is 16.2 Å². The van der Waals surface area contributed by atoms with Crippen LogP contribution in [0.4, 0.5) is 0 Å². The summed E-state index contributed by atoms with van der Waals surface area (Å²) in [6.45, 7) is 0. The summed E-state index contributed by atoms with van der Waals surface area (Å²) in [5.74, 6) is 0.801. The highest BCUT2D eigenvalue weighted by Gasteiger charge is 2.12. The Hall–Kier alpha value is -2.63. The number of fused-ring (bicyclic) bond motifs is 1. The standard InChI is InChI=1S/C19H13ClN2O2S/c20-14-4-2-1-3-13(14)16-10-15-18(25-16)19(24)22-17(21-15)9-11-5-7-12(23)8-6-11/h1-8,10,23H,9H2,(H,21,22,24). The lowest BCUT2D eigenvalue weighted by Crippen LogP contribution is -2.10. The van der Waals surface area contributed by atoms with Gasteiger partial charge in [0.15, 0.2) is 0 Å². The molecule has 124 valence electrons. The van der Waals surface area contributed by atoms with Gasteiger partial charge >= 0.3 is 0 Å². The molecule has 4 nitrogen and oxygen atoms in total. The Balaban J connectivity index is 1.76. The largest absolute Gasteiger partial charge is 0.508 e. The third kappa shape index (κ3) is 3.16. The van der Waals surface area contributed by atoms with Gasteiger partial charge in [-0.15, -0.1) is 11.3 Å². The number of hydrogen-bond acceptors (Lipinski definition) is 4. The third-order valence-electron chi connectivity index (χ3n) is 3.88. The topological polar surface area (TPSA) is 66.0 Å². The average molecular weight is 369 g/mol. The zero-order valence-corrected chi connectivity index (χ0v) is 14.6. The van der Waals surface area contributed by atoms with E-state index in [1.165, 1.54) is 11.3 Å². The molecule has 25 heavy (non-hydrogen) atoms. The van der Waals surface area contributed by atoms with E-state index < -0.39 is 0 Å².